The van der Waals surface area contributed by atoms with Crippen LogP contribution in [0.3, 0.4) is 0 Å². The third kappa shape index (κ3) is 8.70. The van der Waals surface area contributed by atoms with Crippen LogP contribution in [0.2, 0.25) is 0 Å². The van der Waals surface area contributed by atoms with Crippen LogP contribution < -0.4 is 26.3 Å². The highest BCUT2D eigenvalue weighted by Gasteiger charge is 2.23. The summed E-state index contributed by atoms with van der Waals surface area (Å²) in [6, 6.07) is 10.1. The van der Waals surface area contributed by atoms with Crippen LogP contribution >= 0.6 is 0 Å². The molecule has 0 spiro atoms. The molecule has 0 saturated carbocycles. The van der Waals surface area contributed by atoms with Gasteiger partial charge in [-0.25, -0.2) is 15.0 Å². The number of ether oxygens (including phenoxy) is 3. The first kappa shape index (κ1) is 43.0. The lowest BCUT2D eigenvalue weighted by molar-refractivity contribution is 0.0991. The molecule has 3 amide bonds. The summed E-state index contributed by atoms with van der Waals surface area (Å²) < 4.78 is 24.8. The summed E-state index contributed by atoms with van der Waals surface area (Å²) in [5, 5.41) is 22.9. The molecule has 7 aromatic rings. The lowest BCUT2D eigenvalue weighted by atomic mass is 10.1. The smallest absolute Gasteiger partial charge is 0.276 e. The molecule has 0 atom stereocenters. The van der Waals surface area contributed by atoms with Crippen molar-refractivity contribution in [2.75, 3.05) is 38.9 Å². The molecule has 324 valence electrons. The number of imidazole rings is 1. The van der Waals surface area contributed by atoms with E-state index in [1.165, 1.54) is 0 Å². The Hall–Kier alpha value is -7.12. The van der Waals surface area contributed by atoms with Crippen LogP contribution in [0.4, 0.5) is 5.95 Å². The fraction of sp³-hybridized carbons (Fsp3) is 0.349. The number of hydrogen-bond acceptors (Lipinski definition) is 12. The first-order valence-electron chi connectivity index (χ1n) is 20.3. The summed E-state index contributed by atoms with van der Waals surface area (Å²) in [6.45, 7) is 10.0. The third-order valence-electron chi connectivity index (χ3n) is 10.2. The zero-order valence-electron chi connectivity index (χ0n) is 35.3. The number of benzene rings is 2. The van der Waals surface area contributed by atoms with Gasteiger partial charge in [0.1, 0.15) is 34.1 Å². The van der Waals surface area contributed by atoms with E-state index in [4.69, 9.17) is 40.6 Å². The number of nitrogens with one attached hydrogen (secondary N) is 1. The summed E-state index contributed by atoms with van der Waals surface area (Å²) in [4.78, 5) is 53.4. The Labute approximate surface area is 356 Å². The maximum atomic E-state index is 13.8. The van der Waals surface area contributed by atoms with Crippen LogP contribution in [0.5, 0.6) is 11.5 Å². The van der Waals surface area contributed by atoms with Crippen molar-refractivity contribution in [3.63, 3.8) is 0 Å². The molecule has 0 aliphatic heterocycles. The molecule has 0 aliphatic carbocycles. The van der Waals surface area contributed by atoms with Crippen molar-refractivity contribution in [2.45, 2.75) is 66.7 Å². The van der Waals surface area contributed by atoms with Crippen molar-refractivity contribution in [1.29, 1.82) is 0 Å². The monoisotopic (exact) mass is 846 g/mol. The van der Waals surface area contributed by atoms with Crippen molar-refractivity contribution in [1.82, 2.24) is 43.6 Å². The molecule has 0 saturated heterocycles. The van der Waals surface area contributed by atoms with Crippen LogP contribution in [0.25, 0.3) is 44.5 Å². The minimum absolute atomic E-state index is 0.0826. The predicted octanol–water partition coefficient (Wildman–Crippen LogP) is 4.53. The zero-order valence-corrected chi connectivity index (χ0v) is 35.3. The number of fused-ring (bicyclic) bond motifs is 4. The molecule has 62 heavy (non-hydrogen) atoms. The average molecular weight is 847 g/mol. The number of carbonyl (C=O) groups excluding carboxylic acids is 3. The van der Waals surface area contributed by atoms with E-state index in [0.717, 1.165) is 11.4 Å². The van der Waals surface area contributed by atoms with Gasteiger partial charge in [-0.1, -0.05) is 12.2 Å². The molecule has 0 fully saturated rings. The highest BCUT2D eigenvalue weighted by atomic mass is 16.5. The molecule has 0 bridgehead atoms. The Balaban J connectivity index is 1.34. The van der Waals surface area contributed by atoms with Gasteiger partial charge >= 0.3 is 0 Å². The number of aromatic nitrogens is 9. The number of amides is 3. The number of allylic oxidation sites excluding steroid dienone is 2. The summed E-state index contributed by atoms with van der Waals surface area (Å²) >= 11 is 0. The SMILES string of the molecule is CCn1nc(C)cc1C(=O)Nc1nc2cc(C(N)=O)cc(OCCCOC)c2n1CC=CCn1c2nc(-c3cc(C)nn3CC)ncc2c2cc(C(N)=O)cc(OCCCO)c21. The fourth-order valence-corrected chi connectivity index (χ4v) is 7.37. The average Bonchev–Trinajstić information content (AvgIpc) is 4.01. The van der Waals surface area contributed by atoms with E-state index in [1.807, 2.05) is 55.2 Å². The molecule has 5 aromatic heterocycles. The van der Waals surface area contributed by atoms with Gasteiger partial charge in [-0.05, 0) is 64.1 Å². The van der Waals surface area contributed by atoms with Gasteiger partial charge in [0.05, 0.1) is 35.6 Å². The van der Waals surface area contributed by atoms with Gasteiger partial charge in [0.25, 0.3) is 5.91 Å². The quantitative estimate of drug-likeness (QED) is 0.0610. The second-order valence-corrected chi connectivity index (χ2v) is 14.5. The predicted molar refractivity (Wildman–Crippen MR) is 232 cm³/mol. The number of aliphatic hydroxyl groups is 1. The number of carbonyl (C=O) groups is 3. The van der Waals surface area contributed by atoms with Crippen LogP contribution in [-0.4, -0.2) is 100 Å². The molecule has 0 unspecified atom stereocenters. The Kier molecular flexibility index (Phi) is 12.9. The van der Waals surface area contributed by atoms with Crippen LogP contribution in [0.1, 0.15) is 69.3 Å². The van der Waals surface area contributed by atoms with Crippen molar-refractivity contribution < 1.29 is 33.7 Å². The Bertz CT molecular complexity index is 2830. The highest BCUT2D eigenvalue weighted by Crippen LogP contribution is 2.37. The number of nitrogens with two attached hydrogens (primary N) is 2. The molecule has 0 aliphatic rings. The molecule has 0 radical (unpaired) electrons. The summed E-state index contributed by atoms with van der Waals surface area (Å²) in [5.41, 5.74) is 16.7. The Morgan fingerprint density at radius 3 is 2.10 bits per heavy atom. The van der Waals surface area contributed by atoms with Crippen LogP contribution in [0, 0.1) is 13.8 Å². The molecule has 6 N–H and O–H groups in total. The number of primary amides is 2. The molecule has 5 heterocycles. The lowest BCUT2D eigenvalue weighted by Crippen LogP contribution is -2.20. The lowest BCUT2D eigenvalue weighted by Gasteiger charge is -2.13. The number of methoxy groups -OCH3 is 1. The van der Waals surface area contributed by atoms with Crippen LogP contribution in [0.15, 0.2) is 54.7 Å². The van der Waals surface area contributed by atoms with E-state index in [-0.39, 0.29) is 50.0 Å². The summed E-state index contributed by atoms with van der Waals surface area (Å²) in [6.07, 6.45) is 6.51. The highest BCUT2D eigenvalue weighted by molar-refractivity contribution is 6.12. The van der Waals surface area contributed by atoms with Crippen molar-refractivity contribution >= 4 is 56.6 Å². The summed E-state index contributed by atoms with van der Waals surface area (Å²) in [5.74, 6) is -0.305. The zero-order chi connectivity index (χ0) is 44.1. The van der Waals surface area contributed by atoms with Gasteiger partial charge in [-0.3, -0.25) is 29.1 Å². The van der Waals surface area contributed by atoms with Gasteiger partial charge in [-0.2, -0.15) is 10.2 Å². The van der Waals surface area contributed by atoms with Gasteiger partial charge < -0.3 is 39.9 Å². The summed E-state index contributed by atoms with van der Waals surface area (Å²) in [7, 11) is 1.60. The van der Waals surface area contributed by atoms with Crippen molar-refractivity contribution in [2.24, 2.45) is 11.5 Å². The fourth-order valence-electron chi connectivity index (χ4n) is 7.37. The topological polar surface area (TPSA) is 247 Å². The number of nitrogens with zero attached hydrogens (tertiary/aromatic N) is 9. The van der Waals surface area contributed by atoms with E-state index in [1.54, 1.807) is 52.9 Å². The number of rotatable bonds is 20. The minimum atomic E-state index is -0.661. The van der Waals surface area contributed by atoms with E-state index >= 15 is 0 Å². The number of hydrogen-bond donors (Lipinski definition) is 4. The van der Waals surface area contributed by atoms with E-state index in [2.05, 4.69) is 15.5 Å². The van der Waals surface area contributed by atoms with Gasteiger partial charge in [0, 0.05) is 87.4 Å². The first-order valence-corrected chi connectivity index (χ1v) is 20.3. The molecular weight excluding hydrogens is 797 g/mol. The van der Waals surface area contributed by atoms with E-state index in [9.17, 15) is 19.5 Å². The van der Waals surface area contributed by atoms with E-state index in [0.29, 0.717) is 94.2 Å². The number of anilines is 1. The van der Waals surface area contributed by atoms with Gasteiger partial charge in [0.15, 0.2) is 5.82 Å². The van der Waals surface area contributed by atoms with Gasteiger partial charge in [0.2, 0.25) is 17.8 Å². The minimum Gasteiger partial charge on any atom is -0.491 e. The maximum Gasteiger partial charge on any atom is 0.276 e. The largest absolute Gasteiger partial charge is 0.491 e. The maximum absolute atomic E-state index is 13.8. The normalized spacial score (nSPS) is 11.7. The first-order chi connectivity index (χ1) is 30.0. The van der Waals surface area contributed by atoms with E-state index < -0.39 is 17.7 Å². The third-order valence-corrected chi connectivity index (χ3v) is 10.2. The van der Waals surface area contributed by atoms with Crippen molar-refractivity contribution in [3.05, 3.63) is 83.0 Å². The van der Waals surface area contributed by atoms with Crippen molar-refractivity contribution in [3.8, 4) is 23.0 Å². The van der Waals surface area contributed by atoms with Crippen LogP contribution in [-0.2, 0) is 30.9 Å². The van der Waals surface area contributed by atoms with Gasteiger partial charge in [-0.15, -0.1) is 0 Å². The number of aryl methyl sites for hydroxylation is 4. The standard InChI is InChI=1S/C43H50N12O7/c1-6-54-32(18-25(3)50-54)40-46-24-30-29-20-27(38(44)57)22-34(61-16-10-14-56)36(29)52(41(30)48-40)12-8-9-13-53-37-31(21-28(39(45)58)23-35(37)62-17-11-15-60-5)47-43(53)49-42(59)33-19-26(4)51-55(33)7-2/h8-9,18-24,56H,6-7,10-17H2,1-5H3,(H2,44,57)(H2,45,58)(H,47,49,59). The molecule has 19 heteroatoms. The Morgan fingerprint density at radius 2 is 1.42 bits per heavy atom. The second kappa shape index (κ2) is 18.7. The molecular formula is C43H50N12O7. The molecule has 7 rings (SSSR count). The molecule has 2 aromatic carbocycles. The molecule has 19 nitrogen and oxygen atoms in total. The second-order valence-electron chi connectivity index (χ2n) is 14.5. The number of aliphatic hydroxyl groups excluding tert-OH is 1. The Morgan fingerprint density at radius 1 is 0.774 bits per heavy atom.